The van der Waals surface area contributed by atoms with E-state index in [9.17, 15) is 4.79 Å². The molecule has 21 heavy (non-hydrogen) atoms. The molecule has 0 spiro atoms. The van der Waals surface area contributed by atoms with Crippen LogP contribution in [-0.4, -0.2) is 32.6 Å². The number of nitrogens with one attached hydrogen (secondary N) is 1. The second kappa shape index (κ2) is 7.22. The van der Waals surface area contributed by atoms with Crippen LogP contribution in [0.3, 0.4) is 0 Å². The molecule has 0 unspecified atom stereocenters. The molecule has 0 radical (unpaired) electrons. The fraction of sp³-hybridized carbons (Fsp3) is 0.267. The maximum absolute atomic E-state index is 11.9. The Bertz CT molecular complexity index is 669. The van der Waals surface area contributed by atoms with Gasteiger partial charge in [-0.15, -0.1) is 5.10 Å². The summed E-state index contributed by atoms with van der Waals surface area (Å²) in [5.41, 5.74) is 2.54. The van der Waals surface area contributed by atoms with Crippen molar-refractivity contribution in [2.45, 2.75) is 19.9 Å². The highest BCUT2D eigenvalue weighted by Gasteiger charge is 2.05. The number of carbonyl (C=O) groups excluding carboxylic acids is 1. The van der Waals surface area contributed by atoms with Gasteiger partial charge in [0.05, 0.1) is 12.8 Å². The zero-order valence-corrected chi connectivity index (χ0v) is 11.7. The molecule has 0 aliphatic rings. The maximum atomic E-state index is 11.9. The van der Waals surface area contributed by atoms with Gasteiger partial charge in [0.1, 0.15) is 6.54 Å². The zero-order chi connectivity index (χ0) is 15.1. The van der Waals surface area contributed by atoms with Gasteiger partial charge in [0.2, 0.25) is 5.91 Å². The molecule has 2 rings (SSSR count). The number of rotatable bonds is 4. The first-order valence-electron chi connectivity index (χ1n) is 6.53. The quantitative estimate of drug-likeness (QED) is 0.820. The molecule has 108 valence electrons. The van der Waals surface area contributed by atoms with Crippen LogP contribution in [0.5, 0.6) is 0 Å². The number of hydrogen-bond acceptors (Lipinski definition) is 4. The zero-order valence-electron chi connectivity index (χ0n) is 11.7. The second-order valence-electron chi connectivity index (χ2n) is 4.45. The average Bonchev–Trinajstić information content (AvgIpc) is 2.95. The summed E-state index contributed by atoms with van der Waals surface area (Å²) in [6, 6.07) is 5.54. The van der Waals surface area contributed by atoms with Crippen molar-refractivity contribution in [2.24, 2.45) is 0 Å². The summed E-state index contributed by atoms with van der Waals surface area (Å²) in [6.45, 7) is 2.10. The van der Waals surface area contributed by atoms with E-state index in [4.69, 9.17) is 5.11 Å². The van der Waals surface area contributed by atoms with E-state index in [1.165, 1.54) is 10.9 Å². The number of aryl methyl sites for hydroxylation is 1. The van der Waals surface area contributed by atoms with Gasteiger partial charge in [-0.3, -0.25) is 4.79 Å². The number of amides is 1. The lowest BCUT2D eigenvalue weighted by Crippen LogP contribution is -2.19. The fourth-order valence-corrected chi connectivity index (χ4v) is 1.71. The Morgan fingerprint density at radius 3 is 3.05 bits per heavy atom. The Kier molecular flexibility index (Phi) is 5.07. The summed E-state index contributed by atoms with van der Waals surface area (Å²) < 4.78 is 1.45. The summed E-state index contributed by atoms with van der Waals surface area (Å²) in [5.74, 6) is 5.68. The Morgan fingerprint density at radius 1 is 1.48 bits per heavy atom. The lowest BCUT2D eigenvalue weighted by molar-refractivity contribution is -0.116. The van der Waals surface area contributed by atoms with Crippen molar-refractivity contribution in [3.8, 4) is 11.8 Å². The summed E-state index contributed by atoms with van der Waals surface area (Å²) in [4.78, 5) is 11.9. The third-order valence-corrected chi connectivity index (χ3v) is 2.76. The number of nitrogens with zero attached hydrogens (tertiary/aromatic N) is 3. The first-order chi connectivity index (χ1) is 10.2. The summed E-state index contributed by atoms with van der Waals surface area (Å²) >= 11 is 0. The summed E-state index contributed by atoms with van der Waals surface area (Å²) in [7, 11) is 0. The molecule has 0 aliphatic heterocycles. The van der Waals surface area contributed by atoms with Gasteiger partial charge >= 0.3 is 0 Å². The van der Waals surface area contributed by atoms with Gasteiger partial charge in [0, 0.05) is 23.9 Å². The molecule has 1 aromatic carbocycles. The van der Waals surface area contributed by atoms with Crippen molar-refractivity contribution >= 4 is 11.6 Å². The molecule has 0 atom stereocenters. The summed E-state index contributed by atoms with van der Waals surface area (Å²) in [6.07, 6.45) is 3.58. The first kappa shape index (κ1) is 14.8. The van der Waals surface area contributed by atoms with Crippen molar-refractivity contribution in [3.63, 3.8) is 0 Å². The van der Waals surface area contributed by atoms with Crippen LogP contribution in [0.15, 0.2) is 30.6 Å². The largest absolute Gasteiger partial charge is 0.395 e. The smallest absolute Gasteiger partial charge is 0.246 e. The molecule has 1 aromatic heterocycles. The van der Waals surface area contributed by atoms with Crippen LogP contribution in [0.25, 0.3) is 0 Å². The standard InChI is InChI=1S/C15H16N4O2/c1-12-5-6-14(10-13(12)4-2-3-9-20)17-15(21)11-19-8-7-16-18-19/h5-8,10,20H,3,9,11H2,1H3,(H,17,21). The number of aromatic nitrogens is 3. The fourth-order valence-electron chi connectivity index (χ4n) is 1.71. The van der Waals surface area contributed by atoms with Gasteiger partial charge in [0.25, 0.3) is 0 Å². The predicted octanol–water partition coefficient (Wildman–Crippen LogP) is 0.959. The van der Waals surface area contributed by atoms with Crippen molar-refractivity contribution < 1.29 is 9.90 Å². The lowest BCUT2D eigenvalue weighted by atomic mass is 10.1. The van der Waals surface area contributed by atoms with Crippen LogP contribution in [-0.2, 0) is 11.3 Å². The van der Waals surface area contributed by atoms with Gasteiger partial charge in [-0.25, -0.2) is 4.68 Å². The van der Waals surface area contributed by atoms with Crippen molar-refractivity contribution in [2.75, 3.05) is 11.9 Å². The molecule has 0 fully saturated rings. The summed E-state index contributed by atoms with van der Waals surface area (Å²) in [5, 5.41) is 18.9. The van der Waals surface area contributed by atoms with Crippen molar-refractivity contribution in [1.29, 1.82) is 0 Å². The molecule has 0 saturated heterocycles. The van der Waals surface area contributed by atoms with Crippen molar-refractivity contribution in [3.05, 3.63) is 41.7 Å². The number of anilines is 1. The highest BCUT2D eigenvalue weighted by Crippen LogP contribution is 2.14. The number of aliphatic hydroxyl groups is 1. The molecule has 0 aliphatic carbocycles. The molecule has 2 aromatic rings. The van der Waals surface area contributed by atoms with E-state index in [0.29, 0.717) is 12.1 Å². The third kappa shape index (κ3) is 4.44. The minimum absolute atomic E-state index is 0.0420. The molecule has 0 bridgehead atoms. The van der Waals surface area contributed by atoms with E-state index >= 15 is 0 Å². The second-order valence-corrected chi connectivity index (χ2v) is 4.45. The molecule has 6 nitrogen and oxygen atoms in total. The maximum Gasteiger partial charge on any atom is 0.246 e. The number of benzene rings is 1. The van der Waals surface area contributed by atoms with E-state index in [0.717, 1.165) is 11.1 Å². The van der Waals surface area contributed by atoms with Gasteiger partial charge in [-0.1, -0.05) is 23.1 Å². The van der Waals surface area contributed by atoms with Crippen LogP contribution < -0.4 is 5.32 Å². The molecule has 6 heteroatoms. The molecular formula is C15H16N4O2. The number of aliphatic hydroxyl groups excluding tert-OH is 1. The minimum Gasteiger partial charge on any atom is -0.395 e. The monoisotopic (exact) mass is 284 g/mol. The van der Waals surface area contributed by atoms with E-state index in [2.05, 4.69) is 27.5 Å². The normalized spacial score (nSPS) is 9.81. The highest BCUT2D eigenvalue weighted by atomic mass is 16.2. The molecule has 2 N–H and O–H groups in total. The highest BCUT2D eigenvalue weighted by molar-refractivity contribution is 5.90. The van der Waals surface area contributed by atoms with Gasteiger partial charge in [-0.2, -0.15) is 0 Å². The van der Waals surface area contributed by atoms with Crippen LogP contribution in [0.4, 0.5) is 5.69 Å². The first-order valence-corrected chi connectivity index (χ1v) is 6.53. The number of carbonyl (C=O) groups is 1. The van der Waals surface area contributed by atoms with Crippen LogP contribution in [0, 0.1) is 18.8 Å². The minimum atomic E-state index is -0.182. The lowest BCUT2D eigenvalue weighted by Gasteiger charge is -2.07. The van der Waals surface area contributed by atoms with Gasteiger partial charge < -0.3 is 10.4 Å². The molecule has 0 saturated carbocycles. The van der Waals surface area contributed by atoms with Crippen LogP contribution in [0.2, 0.25) is 0 Å². The van der Waals surface area contributed by atoms with E-state index < -0.39 is 0 Å². The average molecular weight is 284 g/mol. The topological polar surface area (TPSA) is 80.0 Å². The molecule has 1 heterocycles. The van der Waals surface area contributed by atoms with E-state index in [1.54, 1.807) is 6.20 Å². The van der Waals surface area contributed by atoms with Crippen LogP contribution >= 0.6 is 0 Å². The number of hydrogen-bond donors (Lipinski definition) is 2. The Hall–Kier alpha value is -2.65. The Labute approximate surface area is 122 Å². The third-order valence-electron chi connectivity index (χ3n) is 2.76. The van der Waals surface area contributed by atoms with E-state index in [1.807, 2.05) is 25.1 Å². The predicted molar refractivity (Wildman–Crippen MR) is 78.4 cm³/mol. The van der Waals surface area contributed by atoms with Crippen LogP contribution in [0.1, 0.15) is 17.5 Å². The van der Waals surface area contributed by atoms with E-state index in [-0.39, 0.29) is 19.1 Å². The Morgan fingerprint density at radius 2 is 2.33 bits per heavy atom. The SMILES string of the molecule is Cc1ccc(NC(=O)Cn2ccnn2)cc1C#CCCO. The van der Waals surface area contributed by atoms with Gasteiger partial charge in [-0.05, 0) is 24.6 Å². The molecular weight excluding hydrogens is 268 g/mol. The van der Waals surface area contributed by atoms with Gasteiger partial charge in [0.15, 0.2) is 0 Å². The van der Waals surface area contributed by atoms with Crippen molar-refractivity contribution in [1.82, 2.24) is 15.0 Å². The molecule has 1 amide bonds. The Balaban J connectivity index is 2.05.